The molecule has 2 rings (SSSR count). The fourth-order valence-electron chi connectivity index (χ4n) is 1.43. The van der Waals surface area contributed by atoms with E-state index < -0.39 is 0 Å². The Bertz CT molecular complexity index is 564. The standard InChI is InChI=1S/C13H9Cl2NO/c1-8(17)10-3-5-13(16-7-10)9-2-4-11(14)12(15)6-9/h2-7H,1H3. The van der Waals surface area contributed by atoms with E-state index >= 15 is 0 Å². The van der Waals surface area contributed by atoms with Crippen molar-refractivity contribution in [2.24, 2.45) is 0 Å². The third-order valence-corrected chi connectivity index (χ3v) is 3.12. The molecular weight excluding hydrogens is 257 g/mol. The summed E-state index contributed by atoms with van der Waals surface area (Å²) in [5.41, 5.74) is 2.22. The maximum atomic E-state index is 11.1. The highest BCUT2D eigenvalue weighted by Crippen LogP contribution is 2.27. The Morgan fingerprint density at radius 1 is 1.12 bits per heavy atom. The van der Waals surface area contributed by atoms with Gasteiger partial charge < -0.3 is 0 Å². The molecule has 0 N–H and O–H groups in total. The van der Waals surface area contributed by atoms with Crippen LogP contribution in [0.1, 0.15) is 17.3 Å². The number of hydrogen-bond acceptors (Lipinski definition) is 2. The van der Waals surface area contributed by atoms with Crippen LogP contribution in [0.3, 0.4) is 0 Å². The Hall–Kier alpha value is -1.38. The zero-order valence-corrected chi connectivity index (χ0v) is 10.6. The lowest BCUT2D eigenvalue weighted by atomic mass is 10.1. The summed E-state index contributed by atoms with van der Waals surface area (Å²) in [4.78, 5) is 15.3. The van der Waals surface area contributed by atoms with E-state index in [9.17, 15) is 4.79 Å². The molecule has 0 bridgehead atoms. The topological polar surface area (TPSA) is 30.0 Å². The molecule has 1 aromatic carbocycles. The van der Waals surface area contributed by atoms with Gasteiger partial charge in [-0.3, -0.25) is 9.78 Å². The van der Waals surface area contributed by atoms with Gasteiger partial charge in [0.1, 0.15) is 0 Å². The minimum absolute atomic E-state index is 0.00168. The van der Waals surface area contributed by atoms with Crippen LogP contribution in [0.4, 0.5) is 0 Å². The lowest BCUT2D eigenvalue weighted by Gasteiger charge is -2.03. The molecule has 1 heterocycles. The second-order valence-corrected chi connectivity index (χ2v) is 4.43. The minimum atomic E-state index is -0.00168. The number of pyridine rings is 1. The van der Waals surface area contributed by atoms with E-state index in [4.69, 9.17) is 23.2 Å². The van der Waals surface area contributed by atoms with Crippen molar-refractivity contribution in [1.82, 2.24) is 4.98 Å². The van der Waals surface area contributed by atoms with Crippen molar-refractivity contribution in [3.8, 4) is 11.3 Å². The molecule has 0 aliphatic heterocycles. The van der Waals surface area contributed by atoms with Crippen LogP contribution < -0.4 is 0 Å². The van der Waals surface area contributed by atoms with Crippen molar-refractivity contribution < 1.29 is 4.79 Å². The maximum absolute atomic E-state index is 11.1. The van der Waals surface area contributed by atoms with Crippen LogP contribution in [0.5, 0.6) is 0 Å². The van der Waals surface area contributed by atoms with E-state index in [0.717, 1.165) is 11.3 Å². The number of carbonyl (C=O) groups is 1. The average molecular weight is 266 g/mol. The summed E-state index contributed by atoms with van der Waals surface area (Å²) in [7, 11) is 0. The average Bonchev–Trinajstić information content (AvgIpc) is 2.33. The number of Topliss-reactive ketones (excluding diaryl/α,β-unsaturated/α-hetero) is 1. The number of halogens is 2. The van der Waals surface area contributed by atoms with Crippen molar-refractivity contribution >= 4 is 29.0 Å². The van der Waals surface area contributed by atoms with Gasteiger partial charge in [-0.05, 0) is 31.2 Å². The molecule has 0 radical (unpaired) electrons. The van der Waals surface area contributed by atoms with E-state index in [1.54, 1.807) is 30.5 Å². The number of hydrogen-bond donors (Lipinski definition) is 0. The van der Waals surface area contributed by atoms with Crippen LogP contribution in [0, 0.1) is 0 Å². The zero-order chi connectivity index (χ0) is 12.4. The first-order valence-electron chi connectivity index (χ1n) is 5.00. The minimum Gasteiger partial charge on any atom is -0.294 e. The number of benzene rings is 1. The molecule has 86 valence electrons. The number of aromatic nitrogens is 1. The summed E-state index contributed by atoms with van der Waals surface area (Å²) >= 11 is 11.8. The van der Waals surface area contributed by atoms with Gasteiger partial charge in [0.15, 0.2) is 5.78 Å². The van der Waals surface area contributed by atoms with Gasteiger partial charge in [-0.1, -0.05) is 29.3 Å². The van der Waals surface area contributed by atoms with E-state index in [1.807, 2.05) is 6.07 Å². The van der Waals surface area contributed by atoms with Crippen molar-refractivity contribution in [1.29, 1.82) is 0 Å². The summed E-state index contributed by atoms with van der Waals surface area (Å²) in [6.45, 7) is 1.51. The second-order valence-electron chi connectivity index (χ2n) is 3.62. The number of ketones is 1. The van der Waals surface area contributed by atoms with Crippen LogP contribution >= 0.6 is 23.2 Å². The van der Waals surface area contributed by atoms with E-state index in [1.165, 1.54) is 6.92 Å². The Morgan fingerprint density at radius 3 is 2.41 bits per heavy atom. The third-order valence-electron chi connectivity index (χ3n) is 2.39. The van der Waals surface area contributed by atoms with Gasteiger partial charge in [-0.2, -0.15) is 0 Å². The Kier molecular flexibility index (Phi) is 3.46. The summed E-state index contributed by atoms with van der Waals surface area (Å²) < 4.78 is 0. The van der Waals surface area contributed by atoms with Crippen molar-refractivity contribution in [2.45, 2.75) is 6.92 Å². The fourth-order valence-corrected chi connectivity index (χ4v) is 1.73. The number of rotatable bonds is 2. The van der Waals surface area contributed by atoms with Crippen LogP contribution in [0.2, 0.25) is 10.0 Å². The third kappa shape index (κ3) is 2.65. The van der Waals surface area contributed by atoms with Gasteiger partial charge in [0.2, 0.25) is 0 Å². The summed E-state index contributed by atoms with van der Waals surface area (Å²) in [5.74, 6) is -0.00168. The highest BCUT2D eigenvalue weighted by atomic mass is 35.5. The molecular formula is C13H9Cl2NO. The van der Waals surface area contributed by atoms with Gasteiger partial charge in [0.25, 0.3) is 0 Å². The van der Waals surface area contributed by atoms with Crippen LogP contribution in [0.15, 0.2) is 36.5 Å². The Labute approximate surface area is 109 Å². The number of carbonyl (C=O) groups excluding carboxylic acids is 1. The van der Waals surface area contributed by atoms with E-state index in [0.29, 0.717) is 15.6 Å². The molecule has 2 aromatic rings. The molecule has 0 aliphatic rings. The first kappa shape index (κ1) is 12.1. The molecule has 0 fully saturated rings. The first-order valence-corrected chi connectivity index (χ1v) is 5.76. The molecule has 0 unspecified atom stereocenters. The quantitative estimate of drug-likeness (QED) is 0.760. The van der Waals surface area contributed by atoms with Gasteiger partial charge in [0, 0.05) is 17.3 Å². The van der Waals surface area contributed by atoms with Gasteiger partial charge in [0.05, 0.1) is 15.7 Å². The molecule has 0 aliphatic carbocycles. The van der Waals surface area contributed by atoms with Crippen molar-refractivity contribution in [3.63, 3.8) is 0 Å². The van der Waals surface area contributed by atoms with Crippen LogP contribution in [0.25, 0.3) is 11.3 Å². The van der Waals surface area contributed by atoms with Crippen LogP contribution in [-0.2, 0) is 0 Å². The summed E-state index contributed by atoms with van der Waals surface area (Å²) in [5, 5.41) is 0.998. The predicted octanol–water partition coefficient (Wildman–Crippen LogP) is 4.26. The molecule has 4 heteroatoms. The monoisotopic (exact) mass is 265 g/mol. The Balaban J connectivity index is 2.39. The molecule has 0 amide bonds. The molecule has 17 heavy (non-hydrogen) atoms. The molecule has 1 aromatic heterocycles. The lowest BCUT2D eigenvalue weighted by molar-refractivity contribution is 0.101. The van der Waals surface area contributed by atoms with Crippen molar-refractivity contribution in [3.05, 3.63) is 52.1 Å². The Morgan fingerprint density at radius 2 is 1.88 bits per heavy atom. The normalized spacial score (nSPS) is 10.3. The largest absolute Gasteiger partial charge is 0.294 e. The maximum Gasteiger partial charge on any atom is 0.161 e. The SMILES string of the molecule is CC(=O)c1ccc(-c2ccc(Cl)c(Cl)c2)nc1. The van der Waals surface area contributed by atoms with Gasteiger partial charge >= 0.3 is 0 Å². The molecule has 2 nitrogen and oxygen atoms in total. The molecule has 0 saturated heterocycles. The predicted molar refractivity (Wildman–Crippen MR) is 69.7 cm³/mol. The van der Waals surface area contributed by atoms with Crippen LogP contribution in [-0.4, -0.2) is 10.8 Å². The lowest BCUT2D eigenvalue weighted by Crippen LogP contribution is -1.93. The molecule has 0 saturated carbocycles. The molecule has 0 atom stereocenters. The van der Waals surface area contributed by atoms with Crippen molar-refractivity contribution in [2.75, 3.05) is 0 Å². The highest BCUT2D eigenvalue weighted by molar-refractivity contribution is 6.42. The van der Waals surface area contributed by atoms with Gasteiger partial charge in [-0.15, -0.1) is 0 Å². The number of nitrogens with zero attached hydrogens (tertiary/aromatic N) is 1. The van der Waals surface area contributed by atoms with E-state index in [2.05, 4.69) is 4.98 Å². The van der Waals surface area contributed by atoms with E-state index in [-0.39, 0.29) is 5.78 Å². The smallest absolute Gasteiger partial charge is 0.161 e. The second kappa shape index (κ2) is 4.86. The summed E-state index contributed by atoms with van der Waals surface area (Å²) in [6, 6.07) is 8.84. The highest BCUT2D eigenvalue weighted by Gasteiger charge is 2.04. The zero-order valence-electron chi connectivity index (χ0n) is 9.08. The summed E-state index contributed by atoms with van der Waals surface area (Å²) in [6.07, 6.45) is 1.56. The van der Waals surface area contributed by atoms with Gasteiger partial charge in [-0.25, -0.2) is 0 Å². The molecule has 0 spiro atoms. The first-order chi connectivity index (χ1) is 8.08. The fraction of sp³-hybridized carbons (Fsp3) is 0.0769.